The van der Waals surface area contributed by atoms with Crippen molar-refractivity contribution in [3.63, 3.8) is 0 Å². The van der Waals surface area contributed by atoms with Gasteiger partial charge in [0.1, 0.15) is 5.69 Å². The van der Waals surface area contributed by atoms with Crippen LogP contribution in [0.1, 0.15) is 40.4 Å². The number of alkyl halides is 3. The monoisotopic (exact) mass is 595 g/mol. The first kappa shape index (κ1) is 26.3. The van der Waals surface area contributed by atoms with Crippen LogP contribution in [0.3, 0.4) is 0 Å². The number of halogens is 6. The minimum atomic E-state index is -4.83. The van der Waals surface area contributed by atoms with E-state index in [1.807, 2.05) is 13.8 Å². The molecule has 0 bridgehead atoms. The molecule has 2 heterocycles. The van der Waals surface area contributed by atoms with E-state index in [0.29, 0.717) is 10.7 Å². The highest BCUT2D eigenvalue weighted by molar-refractivity contribution is 9.10. The number of pyridine rings is 1. The van der Waals surface area contributed by atoms with Gasteiger partial charge in [-0.1, -0.05) is 37.0 Å². The van der Waals surface area contributed by atoms with E-state index in [1.54, 1.807) is 0 Å². The van der Waals surface area contributed by atoms with Crippen LogP contribution in [-0.4, -0.2) is 31.8 Å². The van der Waals surface area contributed by atoms with E-state index in [0.717, 1.165) is 11.9 Å². The van der Waals surface area contributed by atoms with Crippen LogP contribution in [0, 0.1) is 0 Å². The van der Waals surface area contributed by atoms with Crippen LogP contribution in [-0.2, 0) is 6.18 Å². The molecule has 2 aromatic heterocycles. The van der Waals surface area contributed by atoms with Crippen molar-refractivity contribution in [2.75, 3.05) is 5.32 Å². The molecule has 0 aliphatic heterocycles. The minimum Gasteiger partial charge on any atom is -0.319 e. The number of rotatable bonds is 6. The van der Waals surface area contributed by atoms with Crippen molar-refractivity contribution in [3.05, 3.63) is 68.0 Å². The number of anilines is 1. The Bertz CT molecular complexity index is 1250. The second kappa shape index (κ2) is 10.5. The summed E-state index contributed by atoms with van der Waals surface area (Å²) in [5, 5.41) is 6.21. The van der Waals surface area contributed by atoms with Crippen LogP contribution in [0.2, 0.25) is 10.0 Å². The Morgan fingerprint density at radius 2 is 1.88 bits per heavy atom. The lowest BCUT2D eigenvalue weighted by atomic mass is 10.1. The average Bonchev–Trinajstić information content (AvgIpc) is 3.20. The maximum absolute atomic E-state index is 13.4. The highest BCUT2D eigenvalue weighted by Crippen LogP contribution is 2.33. The maximum atomic E-state index is 13.4. The quantitative estimate of drug-likeness (QED) is 0.322. The maximum Gasteiger partial charge on any atom is 0.435 e. The lowest BCUT2D eigenvalue weighted by Gasteiger charge is -2.15. The predicted molar refractivity (Wildman–Crippen MR) is 129 cm³/mol. The molecular weight excluding hydrogens is 582 g/mol. The lowest BCUT2D eigenvalue weighted by Crippen LogP contribution is -2.23. The summed E-state index contributed by atoms with van der Waals surface area (Å²) in [5.41, 5.74) is -1.82. The average molecular weight is 597 g/mol. The van der Waals surface area contributed by atoms with E-state index in [-0.39, 0.29) is 36.8 Å². The van der Waals surface area contributed by atoms with Crippen LogP contribution in [0.5, 0.6) is 0 Å². The van der Waals surface area contributed by atoms with Crippen molar-refractivity contribution in [2.45, 2.75) is 25.3 Å². The fourth-order valence-corrected chi connectivity index (χ4v) is 4.22. The smallest absolute Gasteiger partial charge is 0.319 e. The number of nitrogens with zero attached hydrogens (tertiary/aromatic N) is 3. The van der Waals surface area contributed by atoms with Gasteiger partial charge in [0.25, 0.3) is 11.8 Å². The van der Waals surface area contributed by atoms with E-state index in [1.165, 1.54) is 30.5 Å². The number of carbonyl (C=O) groups excluding carboxylic acids is 2. The lowest BCUT2D eigenvalue weighted by molar-refractivity contribution is -0.141. The molecule has 34 heavy (non-hydrogen) atoms. The van der Waals surface area contributed by atoms with E-state index in [9.17, 15) is 22.8 Å². The molecule has 1 aromatic carbocycles. The summed E-state index contributed by atoms with van der Waals surface area (Å²) < 4.78 is 43.7. The summed E-state index contributed by atoms with van der Waals surface area (Å²) in [6, 6.07) is 6.19. The number of hydrogen-bond acceptors (Lipinski definition) is 5. The van der Waals surface area contributed by atoms with Gasteiger partial charge in [0.05, 0.1) is 16.3 Å². The third-order valence-electron chi connectivity index (χ3n) is 4.10. The highest BCUT2D eigenvalue weighted by atomic mass is 79.9. The molecule has 0 spiro atoms. The number of nitrogens with one attached hydrogen (secondary N) is 2. The van der Waals surface area contributed by atoms with E-state index in [4.69, 9.17) is 23.2 Å². The second-order valence-electron chi connectivity index (χ2n) is 7.00. The van der Waals surface area contributed by atoms with Gasteiger partial charge in [-0.15, -0.1) is 0 Å². The van der Waals surface area contributed by atoms with Crippen molar-refractivity contribution in [3.8, 4) is 5.82 Å². The van der Waals surface area contributed by atoms with E-state index < -0.39 is 29.4 Å². The Morgan fingerprint density at radius 1 is 1.18 bits per heavy atom. The fraction of sp³-hybridized carbons (Fsp3) is 0.200. The number of benzene rings is 1. The van der Waals surface area contributed by atoms with Crippen LogP contribution < -0.4 is 10.0 Å². The Kier molecular flexibility index (Phi) is 8.17. The van der Waals surface area contributed by atoms with Crippen LogP contribution >= 0.6 is 51.1 Å². The van der Waals surface area contributed by atoms with E-state index in [2.05, 4.69) is 36.1 Å². The van der Waals surface area contributed by atoms with Gasteiger partial charge in [0.2, 0.25) is 0 Å². The van der Waals surface area contributed by atoms with E-state index >= 15 is 0 Å². The number of carbonyl (C=O) groups is 2. The van der Waals surface area contributed by atoms with Gasteiger partial charge in [0.15, 0.2) is 11.5 Å². The largest absolute Gasteiger partial charge is 0.435 e. The molecule has 0 saturated heterocycles. The van der Waals surface area contributed by atoms with Crippen molar-refractivity contribution in [1.82, 2.24) is 19.5 Å². The first-order valence-electron chi connectivity index (χ1n) is 9.43. The number of aromatic nitrogens is 3. The molecule has 14 heteroatoms. The Morgan fingerprint density at radius 3 is 2.50 bits per heavy atom. The summed E-state index contributed by atoms with van der Waals surface area (Å²) in [4.78, 5) is 29.8. The van der Waals surface area contributed by atoms with Gasteiger partial charge in [-0.05, 0) is 52.1 Å². The van der Waals surface area contributed by atoms with Crippen molar-refractivity contribution in [1.29, 1.82) is 0 Å². The number of amides is 2. The summed E-state index contributed by atoms with van der Waals surface area (Å²) in [7, 11) is 0. The molecule has 0 aliphatic rings. The van der Waals surface area contributed by atoms with Gasteiger partial charge < -0.3 is 5.32 Å². The molecule has 0 aliphatic carbocycles. The summed E-state index contributed by atoms with van der Waals surface area (Å²) >= 11 is 16.5. The zero-order valence-electron chi connectivity index (χ0n) is 17.4. The van der Waals surface area contributed by atoms with Crippen LogP contribution in [0.4, 0.5) is 18.9 Å². The van der Waals surface area contributed by atoms with Gasteiger partial charge in [-0.3, -0.25) is 14.3 Å². The molecule has 7 nitrogen and oxygen atoms in total. The van der Waals surface area contributed by atoms with Crippen molar-refractivity contribution < 1.29 is 22.8 Å². The van der Waals surface area contributed by atoms with Crippen molar-refractivity contribution >= 4 is 68.6 Å². The standard InChI is InChI=1S/C20H15BrCl2F3N5O2S/c1-9(2)34-30-18(32)11-6-10(22)7-12(21)16(11)28-19(33)14-8-15(20(24,25)26)29-31(14)17-13(23)4-3-5-27-17/h3-9H,1-2H3,(H,28,33)(H,30,32). The first-order valence-corrected chi connectivity index (χ1v) is 11.9. The molecular formula is C20H15BrCl2F3N5O2S. The second-order valence-corrected chi connectivity index (χ2v) is 10.1. The first-order chi connectivity index (χ1) is 15.9. The zero-order valence-corrected chi connectivity index (χ0v) is 21.3. The molecule has 0 fully saturated rings. The minimum absolute atomic E-state index is 0.00106. The normalized spacial score (nSPS) is 11.6. The van der Waals surface area contributed by atoms with Crippen LogP contribution in [0.15, 0.2) is 41.0 Å². The van der Waals surface area contributed by atoms with Gasteiger partial charge in [-0.25, -0.2) is 9.67 Å². The van der Waals surface area contributed by atoms with Gasteiger partial charge in [-0.2, -0.15) is 18.3 Å². The predicted octanol–water partition coefficient (Wildman–Crippen LogP) is 6.39. The molecule has 2 amide bonds. The van der Waals surface area contributed by atoms with Crippen molar-refractivity contribution in [2.24, 2.45) is 0 Å². The molecule has 3 rings (SSSR count). The third-order valence-corrected chi connectivity index (χ3v) is 6.01. The molecule has 0 unspecified atom stereocenters. The third kappa shape index (κ3) is 6.04. The molecule has 180 valence electrons. The number of hydrogen-bond donors (Lipinski definition) is 2. The summed E-state index contributed by atoms with van der Waals surface area (Å²) in [6.07, 6.45) is -3.54. The Balaban J connectivity index is 2.06. The SMILES string of the molecule is CC(C)SNC(=O)c1cc(Cl)cc(Br)c1NC(=O)c1cc(C(F)(F)F)nn1-c1ncccc1Cl. The fourth-order valence-electron chi connectivity index (χ4n) is 2.66. The Hall–Kier alpha value is -2.28. The molecule has 0 atom stereocenters. The zero-order chi connectivity index (χ0) is 25.2. The topological polar surface area (TPSA) is 88.9 Å². The summed E-state index contributed by atoms with van der Waals surface area (Å²) in [6.45, 7) is 3.73. The van der Waals surface area contributed by atoms with Gasteiger partial charge in [0, 0.05) is 27.0 Å². The summed E-state index contributed by atoms with van der Waals surface area (Å²) in [5.74, 6) is -1.72. The molecule has 0 radical (unpaired) electrons. The Labute approximate surface area is 214 Å². The highest BCUT2D eigenvalue weighted by Gasteiger charge is 2.37. The van der Waals surface area contributed by atoms with Crippen LogP contribution in [0.25, 0.3) is 5.82 Å². The molecule has 0 saturated carbocycles. The van der Waals surface area contributed by atoms with Gasteiger partial charge >= 0.3 is 6.18 Å². The molecule has 3 aromatic rings. The molecule has 2 N–H and O–H groups in total.